The highest BCUT2D eigenvalue weighted by Crippen LogP contribution is 2.51. The first-order valence-electron chi connectivity index (χ1n) is 42.8. The van der Waals surface area contributed by atoms with Crippen LogP contribution in [0.5, 0.6) is 0 Å². The predicted octanol–water partition coefficient (Wildman–Crippen LogP) is 33.3. The first kappa shape index (κ1) is 77.2. The predicted molar refractivity (Wildman–Crippen MR) is 527 cm³/mol. The average Bonchev–Trinajstić information content (AvgIpc) is 0.722. The molecule has 0 fully saturated rings. The molecule has 0 spiro atoms. The lowest BCUT2D eigenvalue weighted by atomic mass is 9.65. The third-order valence-electron chi connectivity index (χ3n) is 24.1. The highest BCUT2D eigenvalue weighted by atomic mass is 15.2. The minimum atomic E-state index is -1.01. The normalized spacial score (nSPS) is 11.2. The van der Waals surface area contributed by atoms with E-state index in [2.05, 4.69) is 553 Å². The van der Waals surface area contributed by atoms with E-state index < -0.39 is 5.41 Å². The van der Waals surface area contributed by atoms with Crippen molar-refractivity contribution >= 4 is 68.2 Å². The van der Waals surface area contributed by atoms with Crippen LogP contribution in [0.4, 0.5) is 68.2 Å². The van der Waals surface area contributed by atoms with Crippen molar-refractivity contribution in [2.45, 2.75) is 5.41 Å². The van der Waals surface area contributed by atoms with Crippen LogP contribution in [0.1, 0.15) is 22.3 Å². The highest BCUT2D eigenvalue weighted by molar-refractivity contribution is 5.87. The van der Waals surface area contributed by atoms with Gasteiger partial charge in [0.25, 0.3) is 0 Å². The molecule has 4 nitrogen and oxygen atoms in total. The largest absolute Gasteiger partial charge is 0.311 e. The van der Waals surface area contributed by atoms with Gasteiger partial charge in [-0.2, -0.15) is 0 Å². The van der Waals surface area contributed by atoms with E-state index >= 15 is 0 Å². The van der Waals surface area contributed by atoms with Crippen molar-refractivity contribution in [3.8, 4) is 89.0 Å². The molecule has 0 unspecified atom stereocenters. The Hall–Kier alpha value is -16.4. The summed E-state index contributed by atoms with van der Waals surface area (Å²) in [6.07, 6.45) is 0. The fourth-order valence-electron chi connectivity index (χ4n) is 17.7. The molecular weight excluding hydrogens is 1510 g/mol. The fourth-order valence-corrected chi connectivity index (χ4v) is 17.7. The minimum Gasteiger partial charge on any atom is -0.311 e. The van der Waals surface area contributed by atoms with Crippen molar-refractivity contribution in [3.63, 3.8) is 0 Å². The molecule has 0 aliphatic rings. The Balaban J connectivity index is 0.794. The second kappa shape index (κ2) is 35.5. The van der Waals surface area contributed by atoms with Gasteiger partial charge in [0.05, 0.1) is 5.41 Å². The van der Waals surface area contributed by atoms with E-state index in [1.165, 1.54) is 44.5 Å². The molecule has 125 heavy (non-hydrogen) atoms. The van der Waals surface area contributed by atoms with Crippen LogP contribution in [0, 0.1) is 0 Å². The van der Waals surface area contributed by atoms with Gasteiger partial charge < -0.3 is 19.6 Å². The molecule has 20 aromatic carbocycles. The van der Waals surface area contributed by atoms with Gasteiger partial charge in [-0.1, -0.05) is 388 Å². The Kier molecular flexibility index (Phi) is 21.9. The third-order valence-corrected chi connectivity index (χ3v) is 24.1. The van der Waals surface area contributed by atoms with Gasteiger partial charge in [-0.05, 0) is 257 Å². The molecule has 0 radical (unpaired) electrons. The second-order valence-corrected chi connectivity index (χ2v) is 31.6. The molecule has 0 atom stereocenters. The summed E-state index contributed by atoms with van der Waals surface area (Å²) in [4.78, 5) is 9.56. The van der Waals surface area contributed by atoms with E-state index in [1.807, 2.05) is 0 Å². The second-order valence-electron chi connectivity index (χ2n) is 31.6. The molecule has 0 bridgehead atoms. The number of hydrogen-bond donors (Lipinski definition) is 0. The summed E-state index contributed by atoms with van der Waals surface area (Å²) in [5.41, 5.74) is 34.2. The van der Waals surface area contributed by atoms with Crippen LogP contribution in [-0.2, 0) is 5.41 Å². The summed E-state index contributed by atoms with van der Waals surface area (Å²) in [6.45, 7) is 0. The summed E-state index contributed by atoms with van der Waals surface area (Å²) in [7, 11) is 0. The molecule has 0 saturated carbocycles. The Morgan fingerprint density at radius 3 is 0.280 bits per heavy atom. The molecule has 0 aromatic heterocycles. The van der Waals surface area contributed by atoms with Crippen LogP contribution in [0.15, 0.2) is 534 Å². The molecular formula is C121H88N4. The maximum atomic E-state index is 2.39. The van der Waals surface area contributed by atoms with Crippen LogP contribution in [0.3, 0.4) is 0 Å². The van der Waals surface area contributed by atoms with Gasteiger partial charge in [0.2, 0.25) is 0 Å². The van der Waals surface area contributed by atoms with Gasteiger partial charge in [0.15, 0.2) is 0 Å². The average molecular weight is 1600 g/mol. The van der Waals surface area contributed by atoms with E-state index in [0.717, 1.165) is 135 Å². The highest BCUT2D eigenvalue weighted by Gasteiger charge is 2.40. The monoisotopic (exact) mass is 1600 g/mol. The van der Waals surface area contributed by atoms with Crippen LogP contribution in [0.2, 0.25) is 0 Å². The summed E-state index contributed by atoms with van der Waals surface area (Å²) in [6, 6.07) is 195. The summed E-state index contributed by atoms with van der Waals surface area (Å²) < 4.78 is 0. The molecule has 20 rings (SSSR count). The number of anilines is 12. The van der Waals surface area contributed by atoms with Crippen LogP contribution in [0.25, 0.3) is 89.0 Å². The Morgan fingerprint density at radius 1 is 0.0880 bits per heavy atom. The van der Waals surface area contributed by atoms with Gasteiger partial charge >= 0.3 is 0 Å². The van der Waals surface area contributed by atoms with Crippen molar-refractivity contribution in [1.29, 1.82) is 0 Å². The lowest BCUT2D eigenvalue weighted by molar-refractivity contribution is 0.745. The lowest BCUT2D eigenvalue weighted by Crippen LogP contribution is -2.31. The molecule has 0 aliphatic carbocycles. The molecule has 0 N–H and O–H groups in total. The van der Waals surface area contributed by atoms with E-state index in [4.69, 9.17) is 0 Å². The number of nitrogens with zero attached hydrogens (tertiary/aromatic N) is 4. The van der Waals surface area contributed by atoms with Crippen LogP contribution < -0.4 is 19.6 Å². The number of benzene rings is 20. The summed E-state index contributed by atoms with van der Waals surface area (Å²) in [5.74, 6) is 0. The van der Waals surface area contributed by atoms with Gasteiger partial charge in [-0.3, -0.25) is 0 Å². The zero-order valence-corrected chi connectivity index (χ0v) is 69.1. The molecule has 592 valence electrons. The van der Waals surface area contributed by atoms with Crippen molar-refractivity contribution in [2.75, 3.05) is 19.6 Å². The van der Waals surface area contributed by atoms with Gasteiger partial charge in [0, 0.05) is 68.2 Å². The van der Waals surface area contributed by atoms with E-state index in [9.17, 15) is 0 Å². The minimum absolute atomic E-state index is 1.01. The SMILES string of the molecule is c1ccc(-c2ccc(N(c3ccc(-c4ccccc4)cc3)c3ccc(C(c4ccc(N(c5ccc(-c6ccccc6)cc5)c5ccc(-c6ccccc6)cc5)cc4)(c4ccc(N(c5ccc(-c6ccccc6)cc5)c5ccc(-c6ccccc6)cc5)cc4)c4ccc(N(c5ccc(-c6ccccc6)cc5)c5ccc(-c6ccccc6)cc5)cc4)cc3)cc2)cc1. The topological polar surface area (TPSA) is 13.0 Å². The fraction of sp³-hybridized carbons (Fsp3) is 0.00826. The number of rotatable bonds is 24. The summed E-state index contributed by atoms with van der Waals surface area (Å²) >= 11 is 0. The summed E-state index contributed by atoms with van der Waals surface area (Å²) in [5, 5.41) is 0. The van der Waals surface area contributed by atoms with Crippen molar-refractivity contribution in [1.82, 2.24) is 0 Å². The van der Waals surface area contributed by atoms with Gasteiger partial charge in [-0.15, -0.1) is 0 Å². The number of hydrogen-bond acceptors (Lipinski definition) is 4. The maximum absolute atomic E-state index is 2.39. The first-order chi connectivity index (χ1) is 61.9. The standard InChI is InChI=1S/C121H88N4/c1-9-25-89(26-10-1)97-41-65-109(66-42-97)122(110-67-43-98(44-68-110)90-27-11-2-12-28-90)117-81-57-105(58-82-117)121(106-59-83-118(84-60-106)123(111-69-45-99(46-70-111)91-29-13-3-14-30-91)112-71-47-100(48-72-112)92-31-15-4-16-32-92,107-61-85-119(86-62-107)124(113-73-49-101(50-74-113)93-33-17-5-18-34-93)114-75-51-102(52-76-114)94-35-19-6-20-36-94)108-63-87-120(88-64-108)125(115-77-53-103(54-78-115)95-37-21-7-22-38-95)116-79-55-104(56-80-116)96-39-23-8-24-40-96/h1-88H. The third kappa shape index (κ3) is 16.3. The smallest absolute Gasteiger partial charge is 0.0701 e. The van der Waals surface area contributed by atoms with Crippen molar-refractivity contribution in [2.24, 2.45) is 0 Å². The Morgan fingerprint density at radius 2 is 0.176 bits per heavy atom. The van der Waals surface area contributed by atoms with Crippen molar-refractivity contribution < 1.29 is 0 Å². The van der Waals surface area contributed by atoms with Crippen LogP contribution >= 0.6 is 0 Å². The molecule has 0 saturated heterocycles. The van der Waals surface area contributed by atoms with E-state index in [0.29, 0.717) is 0 Å². The van der Waals surface area contributed by atoms with Crippen molar-refractivity contribution in [3.05, 3.63) is 556 Å². The molecule has 0 amide bonds. The quantitative estimate of drug-likeness (QED) is 0.0559. The zero-order chi connectivity index (χ0) is 83.5. The first-order valence-corrected chi connectivity index (χ1v) is 42.8. The molecule has 0 aliphatic heterocycles. The van der Waals surface area contributed by atoms with Crippen LogP contribution in [-0.4, -0.2) is 0 Å². The Labute approximate surface area is 733 Å². The van der Waals surface area contributed by atoms with Gasteiger partial charge in [-0.25, -0.2) is 0 Å². The molecule has 20 aromatic rings. The van der Waals surface area contributed by atoms with E-state index in [-0.39, 0.29) is 0 Å². The lowest BCUT2D eigenvalue weighted by Gasteiger charge is -2.38. The zero-order valence-electron chi connectivity index (χ0n) is 69.1. The molecule has 0 heterocycles. The van der Waals surface area contributed by atoms with E-state index in [1.54, 1.807) is 0 Å². The molecule has 4 heteroatoms. The maximum Gasteiger partial charge on any atom is 0.0701 e. The Bertz CT molecular complexity index is 5710. The van der Waals surface area contributed by atoms with Gasteiger partial charge in [0.1, 0.15) is 0 Å².